The standard InChI is InChI=1S/C28H22F4N4O2/c1-38-22-4-2-17(3-5-22)16-36-7-6-23-24(14-33-15-25(23)27(36)37)26-11-19(13-34-35-26)8-18-9-20(28(30,31)32)12-21(29)10-18/h2-5,9-15H,6-8,16H2,1H3. The summed E-state index contributed by atoms with van der Waals surface area (Å²) < 4.78 is 58.4. The molecule has 6 nitrogen and oxygen atoms in total. The monoisotopic (exact) mass is 522 g/mol. The zero-order valence-electron chi connectivity index (χ0n) is 20.3. The van der Waals surface area contributed by atoms with Crippen molar-refractivity contribution in [1.82, 2.24) is 20.1 Å². The highest BCUT2D eigenvalue weighted by molar-refractivity contribution is 5.98. The molecule has 0 fully saturated rings. The number of nitrogens with zero attached hydrogens (tertiary/aromatic N) is 4. The van der Waals surface area contributed by atoms with Crippen molar-refractivity contribution in [2.24, 2.45) is 0 Å². The predicted octanol–water partition coefficient (Wildman–Crippen LogP) is 5.49. The maximum atomic E-state index is 13.9. The molecule has 0 bridgehead atoms. The lowest BCUT2D eigenvalue weighted by Gasteiger charge is -2.29. The number of hydrogen-bond donors (Lipinski definition) is 0. The molecule has 10 heteroatoms. The molecule has 4 aromatic rings. The Hall–Kier alpha value is -4.34. The van der Waals surface area contributed by atoms with Crippen LogP contribution in [0.15, 0.2) is 67.1 Å². The second kappa shape index (κ2) is 10.2. The second-order valence-electron chi connectivity index (χ2n) is 9.01. The number of amides is 1. The highest BCUT2D eigenvalue weighted by Crippen LogP contribution is 2.32. The predicted molar refractivity (Wildman–Crippen MR) is 131 cm³/mol. The van der Waals surface area contributed by atoms with E-state index in [0.29, 0.717) is 48.0 Å². The zero-order valence-corrected chi connectivity index (χ0v) is 20.3. The third-order valence-corrected chi connectivity index (χ3v) is 6.42. The number of fused-ring (bicyclic) bond motifs is 1. The maximum Gasteiger partial charge on any atom is 0.416 e. The van der Waals surface area contributed by atoms with Gasteiger partial charge in [-0.2, -0.15) is 23.4 Å². The van der Waals surface area contributed by atoms with Crippen LogP contribution < -0.4 is 4.74 Å². The molecule has 0 N–H and O–H groups in total. The van der Waals surface area contributed by atoms with E-state index in [-0.39, 0.29) is 17.9 Å². The number of rotatable bonds is 6. The van der Waals surface area contributed by atoms with Gasteiger partial charge in [0, 0.05) is 31.0 Å². The third kappa shape index (κ3) is 5.34. The van der Waals surface area contributed by atoms with E-state index in [2.05, 4.69) is 15.2 Å². The van der Waals surface area contributed by atoms with Gasteiger partial charge in [-0.25, -0.2) is 4.39 Å². The lowest BCUT2D eigenvalue weighted by molar-refractivity contribution is -0.137. The van der Waals surface area contributed by atoms with Crippen LogP contribution in [0.3, 0.4) is 0 Å². The highest BCUT2D eigenvalue weighted by atomic mass is 19.4. The van der Waals surface area contributed by atoms with Crippen LogP contribution in [0.5, 0.6) is 5.75 Å². The molecule has 38 heavy (non-hydrogen) atoms. The van der Waals surface area contributed by atoms with Crippen molar-refractivity contribution in [3.63, 3.8) is 0 Å². The minimum absolute atomic E-state index is 0.0282. The van der Waals surface area contributed by atoms with Gasteiger partial charge in [-0.3, -0.25) is 9.78 Å². The van der Waals surface area contributed by atoms with Gasteiger partial charge >= 0.3 is 6.18 Å². The summed E-state index contributed by atoms with van der Waals surface area (Å²) in [6.07, 6.45) is 0.501. The van der Waals surface area contributed by atoms with Crippen molar-refractivity contribution in [2.45, 2.75) is 25.6 Å². The Balaban J connectivity index is 1.39. The summed E-state index contributed by atoms with van der Waals surface area (Å²) in [7, 11) is 1.59. The van der Waals surface area contributed by atoms with E-state index in [9.17, 15) is 22.4 Å². The van der Waals surface area contributed by atoms with Gasteiger partial charge in [0.15, 0.2) is 0 Å². The van der Waals surface area contributed by atoms with Crippen LogP contribution in [0.1, 0.15) is 38.2 Å². The lowest BCUT2D eigenvalue weighted by Crippen LogP contribution is -2.37. The topological polar surface area (TPSA) is 68.2 Å². The molecule has 194 valence electrons. The number of carbonyl (C=O) groups excluding carboxylic acids is 1. The molecule has 0 atom stereocenters. The first-order valence-corrected chi connectivity index (χ1v) is 11.8. The Kier molecular flexibility index (Phi) is 6.79. The molecular formula is C28H22F4N4O2. The van der Waals surface area contributed by atoms with Crippen molar-refractivity contribution in [3.8, 4) is 17.0 Å². The summed E-state index contributed by atoms with van der Waals surface area (Å²) in [6.45, 7) is 0.931. The fraction of sp³-hybridized carbons (Fsp3) is 0.214. The van der Waals surface area contributed by atoms with E-state index < -0.39 is 17.6 Å². The number of alkyl halides is 3. The highest BCUT2D eigenvalue weighted by Gasteiger charge is 2.31. The molecular weight excluding hydrogens is 500 g/mol. The SMILES string of the molecule is COc1ccc(CN2CCc3c(cncc3-c3cc(Cc4cc(F)cc(C(F)(F)F)c4)cnn3)C2=O)cc1. The van der Waals surface area contributed by atoms with Crippen LogP contribution in [0.25, 0.3) is 11.3 Å². The largest absolute Gasteiger partial charge is 0.497 e. The molecule has 2 aromatic carbocycles. The Morgan fingerprint density at radius 1 is 0.947 bits per heavy atom. The number of pyridine rings is 1. The fourth-order valence-corrected chi connectivity index (χ4v) is 4.57. The van der Waals surface area contributed by atoms with Crippen LogP contribution in [0.4, 0.5) is 17.6 Å². The second-order valence-corrected chi connectivity index (χ2v) is 9.01. The molecule has 2 aromatic heterocycles. The smallest absolute Gasteiger partial charge is 0.416 e. The number of benzene rings is 2. The Labute approximate surface area is 215 Å². The molecule has 0 radical (unpaired) electrons. The lowest BCUT2D eigenvalue weighted by atomic mass is 9.93. The normalized spacial score (nSPS) is 13.4. The molecule has 0 aliphatic carbocycles. The van der Waals surface area contributed by atoms with E-state index in [1.807, 2.05) is 24.3 Å². The van der Waals surface area contributed by atoms with Crippen LogP contribution in [0.2, 0.25) is 0 Å². The van der Waals surface area contributed by atoms with Gasteiger partial charge in [0.05, 0.1) is 30.1 Å². The summed E-state index contributed by atoms with van der Waals surface area (Å²) in [4.78, 5) is 19.3. The van der Waals surface area contributed by atoms with E-state index >= 15 is 0 Å². The van der Waals surface area contributed by atoms with Crippen LogP contribution >= 0.6 is 0 Å². The van der Waals surface area contributed by atoms with Gasteiger partial charge in [-0.05, 0) is 71.5 Å². The van der Waals surface area contributed by atoms with E-state index in [4.69, 9.17) is 4.74 Å². The van der Waals surface area contributed by atoms with Crippen molar-refractivity contribution < 1.29 is 27.1 Å². The van der Waals surface area contributed by atoms with Crippen molar-refractivity contribution in [2.75, 3.05) is 13.7 Å². The number of hydrogen-bond acceptors (Lipinski definition) is 5. The molecule has 1 aliphatic rings. The number of ether oxygens (including phenoxy) is 1. The molecule has 1 aliphatic heterocycles. The molecule has 1 amide bonds. The van der Waals surface area contributed by atoms with Gasteiger partial charge in [-0.15, -0.1) is 0 Å². The first-order valence-electron chi connectivity index (χ1n) is 11.8. The summed E-state index contributed by atoms with van der Waals surface area (Å²) in [5, 5.41) is 8.19. The summed E-state index contributed by atoms with van der Waals surface area (Å²) in [6, 6.07) is 11.6. The molecule has 0 unspecified atom stereocenters. The summed E-state index contributed by atoms with van der Waals surface area (Å²) in [5.41, 5.74) is 2.95. The zero-order chi connectivity index (χ0) is 26.9. The Morgan fingerprint density at radius 2 is 1.71 bits per heavy atom. The number of carbonyl (C=O) groups is 1. The summed E-state index contributed by atoms with van der Waals surface area (Å²) >= 11 is 0. The number of halogens is 4. The quantitative estimate of drug-likeness (QED) is 0.313. The van der Waals surface area contributed by atoms with Gasteiger partial charge in [0.25, 0.3) is 5.91 Å². The first-order chi connectivity index (χ1) is 18.2. The van der Waals surface area contributed by atoms with Crippen molar-refractivity contribution in [3.05, 3.63) is 106 Å². The average molecular weight is 523 g/mol. The third-order valence-electron chi connectivity index (χ3n) is 6.42. The van der Waals surface area contributed by atoms with Crippen LogP contribution in [0, 0.1) is 5.82 Å². The van der Waals surface area contributed by atoms with Crippen molar-refractivity contribution in [1.29, 1.82) is 0 Å². The number of aromatic nitrogens is 3. The molecule has 0 saturated heterocycles. The average Bonchev–Trinajstić information content (AvgIpc) is 2.90. The van der Waals surface area contributed by atoms with Gasteiger partial charge < -0.3 is 9.64 Å². The van der Waals surface area contributed by atoms with Gasteiger partial charge in [0.1, 0.15) is 11.6 Å². The maximum absolute atomic E-state index is 13.9. The first kappa shape index (κ1) is 25.3. The molecule has 3 heterocycles. The van der Waals surface area contributed by atoms with E-state index in [1.165, 1.54) is 12.4 Å². The Morgan fingerprint density at radius 3 is 2.45 bits per heavy atom. The number of methoxy groups -OCH3 is 1. The minimum Gasteiger partial charge on any atom is -0.497 e. The Bertz CT molecular complexity index is 1490. The van der Waals surface area contributed by atoms with Crippen molar-refractivity contribution >= 4 is 5.91 Å². The van der Waals surface area contributed by atoms with Crippen LogP contribution in [-0.2, 0) is 25.6 Å². The van der Waals surface area contributed by atoms with Gasteiger partial charge in [-0.1, -0.05) is 12.1 Å². The van der Waals surface area contributed by atoms with E-state index in [1.54, 1.807) is 24.3 Å². The summed E-state index contributed by atoms with van der Waals surface area (Å²) in [5.74, 6) is -0.379. The molecule has 0 spiro atoms. The van der Waals surface area contributed by atoms with Crippen LogP contribution in [-0.4, -0.2) is 39.6 Å². The minimum atomic E-state index is -4.65. The fourth-order valence-electron chi connectivity index (χ4n) is 4.57. The molecule has 5 rings (SSSR count). The van der Waals surface area contributed by atoms with E-state index in [0.717, 1.165) is 29.0 Å². The van der Waals surface area contributed by atoms with Gasteiger partial charge in [0.2, 0.25) is 0 Å². The molecule has 0 saturated carbocycles.